The third-order valence-corrected chi connectivity index (χ3v) is 3.40. The number of benzene rings is 1. The molecule has 0 saturated heterocycles. The van der Waals surface area contributed by atoms with Crippen LogP contribution in [0.15, 0.2) is 49.3 Å². The van der Waals surface area contributed by atoms with E-state index in [1.807, 2.05) is 11.6 Å². The second-order valence-electron chi connectivity index (χ2n) is 5.36. The lowest BCUT2D eigenvalue weighted by Crippen LogP contribution is -2.39. The van der Waals surface area contributed by atoms with E-state index in [1.165, 1.54) is 30.3 Å². The van der Waals surface area contributed by atoms with E-state index in [0.717, 1.165) is 5.82 Å². The highest BCUT2D eigenvalue weighted by Crippen LogP contribution is 2.20. The Labute approximate surface area is 143 Å². The number of ether oxygens (including phenoxy) is 1. The van der Waals surface area contributed by atoms with Gasteiger partial charge in [-0.25, -0.2) is 4.98 Å². The van der Waals surface area contributed by atoms with Crippen LogP contribution in [-0.2, 0) is 13.7 Å². The third-order valence-electron chi connectivity index (χ3n) is 3.40. The standard InChI is InChI=1S/C17H18F3N3O2/c1-3-9-23(12-17(18,19)20)16(24)13-4-6-14(7-5-13)25-11-15-21-8-10-22(15)2/h3-8,10H,1,9,11-12H2,2H3. The zero-order valence-corrected chi connectivity index (χ0v) is 13.7. The summed E-state index contributed by atoms with van der Waals surface area (Å²) in [4.78, 5) is 17.0. The molecule has 1 heterocycles. The summed E-state index contributed by atoms with van der Waals surface area (Å²) in [5, 5.41) is 0. The second kappa shape index (κ2) is 7.87. The Bertz CT molecular complexity index is 723. The van der Waals surface area contributed by atoms with Crippen LogP contribution in [0.1, 0.15) is 16.2 Å². The normalized spacial score (nSPS) is 11.2. The molecule has 0 bridgehead atoms. The second-order valence-corrected chi connectivity index (χ2v) is 5.36. The number of hydrogen-bond donors (Lipinski definition) is 0. The molecule has 0 N–H and O–H groups in total. The van der Waals surface area contributed by atoms with Crippen molar-refractivity contribution < 1.29 is 22.7 Å². The summed E-state index contributed by atoms with van der Waals surface area (Å²) in [6, 6.07) is 5.94. The maximum Gasteiger partial charge on any atom is 0.406 e. The Hall–Kier alpha value is -2.77. The van der Waals surface area contributed by atoms with Gasteiger partial charge in [-0.05, 0) is 24.3 Å². The van der Waals surface area contributed by atoms with Gasteiger partial charge in [0.1, 0.15) is 24.7 Å². The monoisotopic (exact) mass is 353 g/mol. The van der Waals surface area contributed by atoms with Gasteiger partial charge in [-0.1, -0.05) is 6.08 Å². The number of halogens is 3. The number of rotatable bonds is 7. The molecule has 5 nitrogen and oxygen atoms in total. The molecule has 2 rings (SSSR count). The molecule has 8 heteroatoms. The van der Waals surface area contributed by atoms with Crippen LogP contribution in [0.4, 0.5) is 13.2 Å². The average Bonchev–Trinajstić information content (AvgIpc) is 2.96. The smallest absolute Gasteiger partial charge is 0.406 e. The Kier molecular flexibility index (Phi) is 5.84. The summed E-state index contributed by atoms with van der Waals surface area (Å²) in [6.45, 7) is 2.12. The number of carbonyl (C=O) groups excluding carboxylic acids is 1. The highest BCUT2D eigenvalue weighted by atomic mass is 19.4. The molecule has 134 valence electrons. The van der Waals surface area contributed by atoms with Crippen molar-refractivity contribution in [1.82, 2.24) is 14.5 Å². The van der Waals surface area contributed by atoms with E-state index in [4.69, 9.17) is 4.74 Å². The molecule has 2 aromatic rings. The van der Waals surface area contributed by atoms with Crippen LogP contribution in [0.25, 0.3) is 0 Å². The molecule has 0 atom stereocenters. The molecule has 0 fully saturated rings. The van der Waals surface area contributed by atoms with Crippen molar-refractivity contribution in [3.63, 3.8) is 0 Å². The minimum Gasteiger partial charge on any atom is -0.486 e. The van der Waals surface area contributed by atoms with Gasteiger partial charge in [0.05, 0.1) is 0 Å². The summed E-state index contributed by atoms with van der Waals surface area (Å²) < 4.78 is 45.1. The van der Waals surface area contributed by atoms with E-state index < -0.39 is 18.6 Å². The third kappa shape index (κ3) is 5.37. The fourth-order valence-corrected chi connectivity index (χ4v) is 2.15. The van der Waals surface area contributed by atoms with Crippen molar-refractivity contribution in [3.05, 3.63) is 60.7 Å². The topological polar surface area (TPSA) is 47.4 Å². The molecule has 0 aliphatic heterocycles. The van der Waals surface area contributed by atoms with E-state index in [0.29, 0.717) is 10.6 Å². The van der Waals surface area contributed by atoms with Gasteiger partial charge in [0.2, 0.25) is 0 Å². The summed E-state index contributed by atoms with van der Waals surface area (Å²) in [7, 11) is 1.84. The molecule has 0 aliphatic carbocycles. The lowest BCUT2D eigenvalue weighted by Gasteiger charge is -2.22. The van der Waals surface area contributed by atoms with Gasteiger partial charge in [-0.2, -0.15) is 13.2 Å². The van der Waals surface area contributed by atoms with E-state index in [2.05, 4.69) is 11.6 Å². The molecule has 1 aromatic heterocycles. The zero-order chi connectivity index (χ0) is 18.4. The molecule has 1 amide bonds. The van der Waals surface area contributed by atoms with E-state index in [-0.39, 0.29) is 18.7 Å². The first-order valence-electron chi connectivity index (χ1n) is 7.46. The summed E-state index contributed by atoms with van der Waals surface area (Å²) in [6.07, 6.45) is 0.225. The maximum absolute atomic E-state index is 12.6. The van der Waals surface area contributed by atoms with E-state index in [9.17, 15) is 18.0 Å². The van der Waals surface area contributed by atoms with Crippen LogP contribution in [0.5, 0.6) is 5.75 Å². The van der Waals surface area contributed by atoms with Crippen molar-refractivity contribution in [2.24, 2.45) is 7.05 Å². The quantitative estimate of drug-likeness (QED) is 0.718. The molecule has 0 aliphatic rings. The lowest BCUT2D eigenvalue weighted by atomic mass is 10.2. The Morgan fingerprint density at radius 2 is 2.04 bits per heavy atom. The lowest BCUT2D eigenvalue weighted by molar-refractivity contribution is -0.139. The van der Waals surface area contributed by atoms with E-state index >= 15 is 0 Å². The number of imidazole rings is 1. The van der Waals surface area contributed by atoms with Crippen molar-refractivity contribution in [1.29, 1.82) is 0 Å². The van der Waals surface area contributed by atoms with Crippen molar-refractivity contribution in [3.8, 4) is 5.75 Å². The molecular weight excluding hydrogens is 335 g/mol. The first-order valence-corrected chi connectivity index (χ1v) is 7.46. The van der Waals surface area contributed by atoms with Crippen molar-refractivity contribution in [2.75, 3.05) is 13.1 Å². The number of nitrogens with zero attached hydrogens (tertiary/aromatic N) is 3. The molecule has 0 unspecified atom stereocenters. The minimum atomic E-state index is -4.47. The minimum absolute atomic E-state index is 0.149. The fraction of sp³-hybridized carbons (Fsp3) is 0.294. The van der Waals surface area contributed by atoms with Gasteiger partial charge >= 0.3 is 6.18 Å². The highest BCUT2D eigenvalue weighted by Gasteiger charge is 2.32. The highest BCUT2D eigenvalue weighted by molar-refractivity contribution is 5.94. The van der Waals surface area contributed by atoms with Gasteiger partial charge in [-0.15, -0.1) is 6.58 Å². The maximum atomic E-state index is 12.6. The molecule has 25 heavy (non-hydrogen) atoms. The summed E-state index contributed by atoms with van der Waals surface area (Å²) in [5.41, 5.74) is 0.149. The largest absolute Gasteiger partial charge is 0.486 e. The molecule has 0 radical (unpaired) electrons. The molecular formula is C17H18F3N3O2. The van der Waals surface area contributed by atoms with Crippen LogP contribution in [0.3, 0.4) is 0 Å². The Balaban J connectivity index is 2.03. The van der Waals surface area contributed by atoms with Gasteiger partial charge < -0.3 is 14.2 Å². The Morgan fingerprint density at radius 1 is 1.36 bits per heavy atom. The van der Waals surface area contributed by atoms with Gasteiger partial charge in [0.25, 0.3) is 5.91 Å². The predicted octanol–water partition coefficient (Wildman–Crippen LogP) is 3.19. The zero-order valence-electron chi connectivity index (χ0n) is 13.7. The first-order chi connectivity index (χ1) is 11.8. The number of hydrogen-bond acceptors (Lipinski definition) is 3. The average molecular weight is 353 g/mol. The summed E-state index contributed by atoms with van der Waals surface area (Å²) in [5.74, 6) is 0.501. The van der Waals surface area contributed by atoms with Crippen LogP contribution in [0.2, 0.25) is 0 Å². The first kappa shape index (κ1) is 18.6. The van der Waals surface area contributed by atoms with Crippen LogP contribution < -0.4 is 4.74 Å². The van der Waals surface area contributed by atoms with Crippen molar-refractivity contribution >= 4 is 5.91 Å². The number of alkyl halides is 3. The Morgan fingerprint density at radius 3 is 2.56 bits per heavy atom. The van der Waals surface area contributed by atoms with Crippen LogP contribution in [0, 0.1) is 0 Å². The van der Waals surface area contributed by atoms with Crippen LogP contribution in [-0.4, -0.2) is 39.6 Å². The SMILES string of the molecule is C=CCN(CC(F)(F)F)C(=O)c1ccc(OCc2nccn2C)cc1. The van der Waals surface area contributed by atoms with Gasteiger partial charge in [0, 0.05) is 31.5 Å². The van der Waals surface area contributed by atoms with Gasteiger partial charge in [0.15, 0.2) is 0 Å². The molecule has 1 aromatic carbocycles. The predicted molar refractivity (Wildman–Crippen MR) is 86.1 cm³/mol. The molecule has 0 spiro atoms. The van der Waals surface area contributed by atoms with Gasteiger partial charge in [-0.3, -0.25) is 4.79 Å². The number of carbonyl (C=O) groups is 1. The van der Waals surface area contributed by atoms with Crippen LogP contribution >= 0.6 is 0 Å². The van der Waals surface area contributed by atoms with E-state index in [1.54, 1.807) is 12.4 Å². The number of amides is 1. The van der Waals surface area contributed by atoms with Crippen molar-refractivity contribution in [2.45, 2.75) is 12.8 Å². The fourth-order valence-electron chi connectivity index (χ4n) is 2.15. The number of aryl methyl sites for hydroxylation is 1. The summed E-state index contributed by atoms with van der Waals surface area (Å²) >= 11 is 0. The number of aromatic nitrogens is 2. The molecule has 0 saturated carbocycles.